The Kier molecular flexibility index (Phi) is 7.11. The molecule has 0 aromatic heterocycles. The summed E-state index contributed by atoms with van der Waals surface area (Å²) < 4.78 is 5.19. The minimum atomic E-state index is -0.912. The van der Waals surface area contributed by atoms with Crippen LogP contribution >= 0.6 is 0 Å². The largest absolute Gasteiger partial charge is 0.480 e. The summed E-state index contributed by atoms with van der Waals surface area (Å²) in [6.45, 7) is 5.95. The predicted octanol–water partition coefficient (Wildman–Crippen LogP) is 2.61. The van der Waals surface area contributed by atoms with Crippen molar-refractivity contribution >= 4 is 5.97 Å². The summed E-state index contributed by atoms with van der Waals surface area (Å²) in [7, 11) is 0. The number of allylic oxidation sites excluding steroid dienone is 1. The van der Waals surface area contributed by atoms with Crippen molar-refractivity contribution in [3.05, 3.63) is 11.6 Å². The molecule has 82 valence electrons. The number of hydrogen-bond acceptors (Lipinski definition) is 2. The lowest BCUT2D eigenvalue weighted by Crippen LogP contribution is -2.15. The molecule has 0 rings (SSSR count). The zero-order valence-corrected chi connectivity index (χ0v) is 9.25. The first-order valence-corrected chi connectivity index (χ1v) is 5.10. The van der Waals surface area contributed by atoms with Crippen LogP contribution in [0.1, 0.15) is 40.0 Å². The summed E-state index contributed by atoms with van der Waals surface area (Å²) in [6.07, 6.45) is 4.93. The smallest absolute Gasteiger partial charge is 0.329 e. The van der Waals surface area contributed by atoms with Crippen LogP contribution in [-0.4, -0.2) is 23.8 Å². The lowest BCUT2D eigenvalue weighted by Gasteiger charge is -2.11. The summed E-state index contributed by atoms with van der Waals surface area (Å²) in [6, 6.07) is 0. The molecule has 0 fully saturated rings. The summed E-state index contributed by atoms with van der Waals surface area (Å²) in [5.74, 6) is -0.912. The highest BCUT2D eigenvalue weighted by Crippen LogP contribution is 2.08. The van der Waals surface area contributed by atoms with E-state index in [1.54, 1.807) is 0 Å². The third kappa shape index (κ3) is 6.66. The van der Waals surface area contributed by atoms with Gasteiger partial charge in [0.2, 0.25) is 0 Å². The van der Waals surface area contributed by atoms with Gasteiger partial charge in [0.25, 0.3) is 0 Å². The zero-order valence-electron chi connectivity index (χ0n) is 9.25. The van der Waals surface area contributed by atoms with Gasteiger partial charge in [-0.25, -0.2) is 4.79 Å². The molecule has 0 aromatic rings. The zero-order chi connectivity index (χ0) is 11.0. The van der Waals surface area contributed by atoms with E-state index in [4.69, 9.17) is 9.84 Å². The highest BCUT2D eigenvalue weighted by atomic mass is 16.5. The molecular weight excluding hydrogens is 180 g/mol. The number of carboxylic acids is 1. The second-order valence-corrected chi connectivity index (χ2v) is 3.41. The molecule has 1 N–H and O–H groups in total. The second-order valence-electron chi connectivity index (χ2n) is 3.41. The van der Waals surface area contributed by atoms with Crippen LogP contribution in [0.5, 0.6) is 0 Å². The van der Waals surface area contributed by atoms with Crippen LogP contribution in [0, 0.1) is 0 Å². The van der Waals surface area contributed by atoms with Gasteiger partial charge in [-0.15, -0.1) is 0 Å². The van der Waals surface area contributed by atoms with Gasteiger partial charge in [0.1, 0.15) is 6.61 Å². The monoisotopic (exact) mass is 200 g/mol. The molecule has 14 heavy (non-hydrogen) atoms. The first-order valence-electron chi connectivity index (χ1n) is 5.10. The standard InChI is InChI=1S/C11H20O3/c1-4-6-9(3)7-10(5-2)14-8-11(12)13/h7,10H,4-6,8H2,1-3H3,(H,12,13). The van der Waals surface area contributed by atoms with Crippen molar-refractivity contribution in [3.8, 4) is 0 Å². The molecule has 0 bridgehead atoms. The second kappa shape index (κ2) is 7.56. The van der Waals surface area contributed by atoms with Crippen LogP contribution in [0.25, 0.3) is 0 Å². The molecule has 0 aliphatic heterocycles. The maximum absolute atomic E-state index is 10.3. The predicted molar refractivity (Wildman–Crippen MR) is 56.3 cm³/mol. The van der Waals surface area contributed by atoms with Gasteiger partial charge in [0.15, 0.2) is 0 Å². The highest BCUT2D eigenvalue weighted by Gasteiger charge is 2.05. The van der Waals surface area contributed by atoms with Crippen LogP contribution in [0.2, 0.25) is 0 Å². The minimum Gasteiger partial charge on any atom is -0.480 e. The Labute approximate surface area is 85.8 Å². The van der Waals surface area contributed by atoms with Gasteiger partial charge in [-0.2, -0.15) is 0 Å². The fourth-order valence-electron chi connectivity index (χ4n) is 1.26. The molecule has 0 aliphatic carbocycles. The molecule has 0 aliphatic rings. The number of hydrogen-bond donors (Lipinski definition) is 1. The van der Waals surface area contributed by atoms with Crippen LogP contribution in [0.3, 0.4) is 0 Å². The minimum absolute atomic E-state index is 0.0577. The molecule has 0 heterocycles. The molecule has 0 spiro atoms. The lowest BCUT2D eigenvalue weighted by atomic mass is 10.1. The molecule has 0 amide bonds. The fraction of sp³-hybridized carbons (Fsp3) is 0.727. The first-order chi connectivity index (χ1) is 6.60. The Morgan fingerprint density at radius 3 is 2.57 bits per heavy atom. The Bertz CT molecular complexity index is 197. The maximum Gasteiger partial charge on any atom is 0.329 e. The van der Waals surface area contributed by atoms with Crippen molar-refractivity contribution in [2.24, 2.45) is 0 Å². The average Bonchev–Trinajstić information content (AvgIpc) is 2.12. The number of aliphatic carboxylic acids is 1. The maximum atomic E-state index is 10.3. The summed E-state index contributed by atoms with van der Waals surface area (Å²) in [5.41, 5.74) is 1.27. The van der Waals surface area contributed by atoms with Crippen molar-refractivity contribution in [1.82, 2.24) is 0 Å². The topological polar surface area (TPSA) is 46.5 Å². The average molecular weight is 200 g/mol. The third-order valence-corrected chi connectivity index (χ3v) is 1.94. The molecule has 3 heteroatoms. The van der Waals surface area contributed by atoms with Gasteiger partial charge < -0.3 is 9.84 Å². The number of ether oxygens (including phenoxy) is 1. The lowest BCUT2D eigenvalue weighted by molar-refractivity contribution is -0.143. The van der Waals surface area contributed by atoms with E-state index >= 15 is 0 Å². The van der Waals surface area contributed by atoms with Gasteiger partial charge in [-0.3, -0.25) is 0 Å². The van der Waals surface area contributed by atoms with E-state index in [-0.39, 0.29) is 12.7 Å². The van der Waals surface area contributed by atoms with Crippen LogP contribution in [0.4, 0.5) is 0 Å². The van der Waals surface area contributed by atoms with E-state index in [9.17, 15) is 4.79 Å². The van der Waals surface area contributed by atoms with Gasteiger partial charge >= 0.3 is 5.97 Å². The Balaban J connectivity index is 4.00. The Hall–Kier alpha value is -0.830. The summed E-state index contributed by atoms with van der Waals surface area (Å²) >= 11 is 0. The summed E-state index contributed by atoms with van der Waals surface area (Å²) in [5, 5.41) is 8.45. The molecule has 0 saturated heterocycles. The molecule has 3 nitrogen and oxygen atoms in total. The number of rotatable bonds is 7. The van der Waals surface area contributed by atoms with Crippen molar-refractivity contribution in [2.45, 2.75) is 46.1 Å². The normalized spacial score (nSPS) is 14.1. The quantitative estimate of drug-likeness (QED) is 0.642. The molecule has 0 radical (unpaired) electrons. The Morgan fingerprint density at radius 2 is 2.14 bits per heavy atom. The molecule has 1 unspecified atom stereocenters. The van der Waals surface area contributed by atoms with E-state index < -0.39 is 5.97 Å². The SMILES string of the molecule is CCCC(C)=CC(CC)OCC(=O)O. The van der Waals surface area contributed by atoms with Crippen LogP contribution in [-0.2, 0) is 9.53 Å². The van der Waals surface area contributed by atoms with E-state index in [2.05, 4.69) is 13.8 Å². The molecular formula is C11H20O3. The first kappa shape index (κ1) is 13.2. The third-order valence-electron chi connectivity index (χ3n) is 1.94. The van der Waals surface area contributed by atoms with E-state index in [1.165, 1.54) is 5.57 Å². The van der Waals surface area contributed by atoms with Gasteiger partial charge in [-0.05, 0) is 19.8 Å². The van der Waals surface area contributed by atoms with Gasteiger partial charge in [0.05, 0.1) is 6.10 Å². The van der Waals surface area contributed by atoms with Gasteiger partial charge in [0, 0.05) is 0 Å². The van der Waals surface area contributed by atoms with E-state index in [1.807, 2.05) is 13.0 Å². The molecule has 1 atom stereocenters. The van der Waals surface area contributed by atoms with Crippen molar-refractivity contribution in [2.75, 3.05) is 6.61 Å². The number of carboxylic acid groups (broad SMARTS) is 1. The summed E-state index contributed by atoms with van der Waals surface area (Å²) in [4.78, 5) is 10.3. The van der Waals surface area contributed by atoms with Crippen molar-refractivity contribution < 1.29 is 14.6 Å². The van der Waals surface area contributed by atoms with Crippen LogP contribution in [0.15, 0.2) is 11.6 Å². The Morgan fingerprint density at radius 1 is 1.50 bits per heavy atom. The van der Waals surface area contributed by atoms with Crippen molar-refractivity contribution in [1.29, 1.82) is 0 Å². The fourth-order valence-corrected chi connectivity index (χ4v) is 1.26. The highest BCUT2D eigenvalue weighted by molar-refractivity contribution is 5.68. The van der Waals surface area contributed by atoms with E-state index in [0.717, 1.165) is 19.3 Å². The van der Waals surface area contributed by atoms with Crippen molar-refractivity contribution in [3.63, 3.8) is 0 Å². The van der Waals surface area contributed by atoms with Crippen LogP contribution < -0.4 is 0 Å². The van der Waals surface area contributed by atoms with E-state index in [0.29, 0.717) is 0 Å². The van der Waals surface area contributed by atoms with Gasteiger partial charge in [-0.1, -0.05) is 31.9 Å². The molecule has 0 saturated carbocycles. The molecule has 0 aromatic carbocycles. The number of carbonyl (C=O) groups is 1.